The summed E-state index contributed by atoms with van der Waals surface area (Å²) in [5.74, 6) is 4.87. The van der Waals surface area contributed by atoms with Crippen molar-refractivity contribution in [2.24, 2.45) is 5.84 Å². The van der Waals surface area contributed by atoms with Crippen LogP contribution in [0.25, 0.3) is 0 Å². The lowest BCUT2D eigenvalue weighted by atomic mass is 10.1. The van der Waals surface area contributed by atoms with Crippen LogP contribution in [0.3, 0.4) is 0 Å². The minimum Gasteiger partial charge on any atom is -0.376 e. The highest BCUT2D eigenvalue weighted by molar-refractivity contribution is 5.93. The number of amides is 1. The normalized spacial score (nSPS) is 19.4. The van der Waals surface area contributed by atoms with Crippen LogP contribution in [0, 0.1) is 0 Å². The molecule has 5 nitrogen and oxygen atoms in total. The van der Waals surface area contributed by atoms with E-state index in [0.717, 1.165) is 32.7 Å². The van der Waals surface area contributed by atoms with Crippen LogP contribution < -0.4 is 11.3 Å². The molecule has 5 heteroatoms. The molecule has 21 heavy (non-hydrogen) atoms. The van der Waals surface area contributed by atoms with Gasteiger partial charge in [-0.2, -0.15) is 0 Å². The Bertz CT molecular complexity index is 447. The van der Waals surface area contributed by atoms with E-state index >= 15 is 0 Å². The molecule has 1 atom stereocenters. The summed E-state index contributed by atoms with van der Waals surface area (Å²) in [6.45, 7) is 5.87. The van der Waals surface area contributed by atoms with Crippen LogP contribution in [0.1, 0.15) is 42.1 Å². The van der Waals surface area contributed by atoms with Crippen molar-refractivity contribution >= 4 is 5.91 Å². The Labute approximate surface area is 126 Å². The Hall–Kier alpha value is -1.43. The Morgan fingerprint density at radius 3 is 2.86 bits per heavy atom. The molecular formula is C16H25N3O2. The lowest BCUT2D eigenvalue weighted by Gasteiger charge is -2.33. The molecule has 0 radical (unpaired) electrons. The van der Waals surface area contributed by atoms with Crippen LogP contribution in [0.5, 0.6) is 0 Å². The molecule has 1 aliphatic heterocycles. The third kappa shape index (κ3) is 4.81. The SMILES string of the molecule is CCCCC1CN(Cc2ccc(C(=O)NN)cc2)CCO1. The first kappa shape index (κ1) is 15.9. The number of morpholine rings is 1. The maximum absolute atomic E-state index is 11.4. The van der Waals surface area contributed by atoms with Crippen LogP contribution in [0.15, 0.2) is 24.3 Å². The van der Waals surface area contributed by atoms with Crippen LogP contribution >= 0.6 is 0 Å². The van der Waals surface area contributed by atoms with E-state index in [1.807, 2.05) is 24.3 Å². The third-order valence-corrected chi connectivity index (χ3v) is 3.86. The number of hydrazine groups is 1. The van der Waals surface area contributed by atoms with Gasteiger partial charge in [-0.05, 0) is 24.1 Å². The van der Waals surface area contributed by atoms with E-state index in [1.54, 1.807) is 0 Å². The van der Waals surface area contributed by atoms with Crippen molar-refractivity contribution in [1.82, 2.24) is 10.3 Å². The van der Waals surface area contributed by atoms with Crippen molar-refractivity contribution in [3.8, 4) is 0 Å². The van der Waals surface area contributed by atoms with Gasteiger partial charge in [0.2, 0.25) is 0 Å². The number of benzene rings is 1. The summed E-state index contributed by atoms with van der Waals surface area (Å²) in [4.78, 5) is 13.8. The van der Waals surface area contributed by atoms with Crippen LogP contribution in [-0.2, 0) is 11.3 Å². The average Bonchev–Trinajstić information content (AvgIpc) is 2.53. The lowest BCUT2D eigenvalue weighted by molar-refractivity contribution is -0.0356. The second-order valence-corrected chi connectivity index (χ2v) is 5.54. The fourth-order valence-corrected chi connectivity index (χ4v) is 2.63. The zero-order valence-corrected chi connectivity index (χ0v) is 12.7. The zero-order valence-electron chi connectivity index (χ0n) is 12.7. The highest BCUT2D eigenvalue weighted by Gasteiger charge is 2.19. The van der Waals surface area contributed by atoms with Gasteiger partial charge in [0.1, 0.15) is 0 Å². The summed E-state index contributed by atoms with van der Waals surface area (Å²) >= 11 is 0. The van der Waals surface area contributed by atoms with Crippen molar-refractivity contribution in [2.75, 3.05) is 19.7 Å². The van der Waals surface area contributed by atoms with Gasteiger partial charge >= 0.3 is 0 Å². The van der Waals surface area contributed by atoms with Gasteiger partial charge in [-0.1, -0.05) is 31.9 Å². The molecule has 0 spiro atoms. The number of rotatable bonds is 6. The second kappa shape index (κ2) is 8.12. The van der Waals surface area contributed by atoms with Gasteiger partial charge in [-0.25, -0.2) is 5.84 Å². The Morgan fingerprint density at radius 2 is 2.19 bits per heavy atom. The summed E-state index contributed by atoms with van der Waals surface area (Å²) in [6, 6.07) is 7.60. The number of nitrogens with one attached hydrogen (secondary N) is 1. The summed E-state index contributed by atoms with van der Waals surface area (Å²) in [6.07, 6.45) is 3.94. The van der Waals surface area contributed by atoms with E-state index < -0.39 is 0 Å². The van der Waals surface area contributed by atoms with Crippen LogP contribution in [-0.4, -0.2) is 36.6 Å². The largest absolute Gasteiger partial charge is 0.376 e. The molecule has 1 fully saturated rings. The summed E-state index contributed by atoms with van der Waals surface area (Å²) in [5, 5.41) is 0. The minimum absolute atomic E-state index is 0.257. The third-order valence-electron chi connectivity index (χ3n) is 3.86. The Balaban J connectivity index is 1.87. The summed E-state index contributed by atoms with van der Waals surface area (Å²) in [5.41, 5.74) is 3.94. The summed E-state index contributed by atoms with van der Waals surface area (Å²) < 4.78 is 5.80. The smallest absolute Gasteiger partial charge is 0.265 e. The van der Waals surface area contributed by atoms with E-state index in [4.69, 9.17) is 10.6 Å². The molecule has 1 aromatic carbocycles. The molecule has 1 saturated heterocycles. The van der Waals surface area contributed by atoms with Crippen molar-refractivity contribution in [3.63, 3.8) is 0 Å². The van der Waals surface area contributed by atoms with E-state index in [9.17, 15) is 4.79 Å². The molecule has 1 unspecified atom stereocenters. The summed E-state index contributed by atoms with van der Waals surface area (Å²) in [7, 11) is 0. The van der Waals surface area contributed by atoms with Gasteiger partial charge < -0.3 is 4.74 Å². The van der Waals surface area contributed by atoms with E-state index in [0.29, 0.717) is 11.7 Å². The molecule has 2 rings (SSSR count). The van der Waals surface area contributed by atoms with Gasteiger partial charge in [0, 0.05) is 25.2 Å². The molecule has 1 aliphatic rings. The highest BCUT2D eigenvalue weighted by Crippen LogP contribution is 2.15. The lowest BCUT2D eigenvalue weighted by Crippen LogP contribution is -2.41. The van der Waals surface area contributed by atoms with E-state index in [2.05, 4.69) is 17.2 Å². The molecule has 3 N–H and O–H groups in total. The molecule has 0 aromatic heterocycles. The number of carbonyl (C=O) groups excluding carboxylic acids is 1. The molecule has 0 saturated carbocycles. The number of carbonyl (C=O) groups is 1. The number of ether oxygens (including phenoxy) is 1. The first-order valence-corrected chi connectivity index (χ1v) is 7.66. The Kier molecular flexibility index (Phi) is 6.17. The van der Waals surface area contributed by atoms with E-state index in [-0.39, 0.29) is 5.91 Å². The zero-order chi connectivity index (χ0) is 15.1. The van der Waals surface area contributed by atoms with Crippen molar-refractivity contribution in [3.05, 3.63) is 35.4 Å². The predicted molar refractivity (Wildman–Crippen MR) is 82.6 cm³/mol. The number of unbranched alkanes of at least 4 members (excludes halogenated alkanes) is 1. The van der Waals surface area contributed by atoms with E-state index in [1.165, 1.54) is 18.4 Å². The van der Waals surface area contributed by atoms with Gasteiger partial charge in [0.25, 0.3) is 5.91 Å². The molecule has 0 aliphatic carbocycles. The fourth-order valence-electron chi connectivity index (χ4n) is 2.63. The molecule has 0 bridgehead atoms. The quantitative estimate of drug-likeness (QED) is 0.475. The number of nitrogen functional groups attached to an aromatic ring is 1. The maximum atomic E-state index is 11.4. The minimum atomic E-state index is -0.257. The maximum Gasteiger partial charge on any atom is 0.265 e. The standard InChI is InChI=1S/C16H25N3O2/c1-2-3-4-15-12-19(9-10-21-15)11-13-5-7-14(8-6-13)16(20)18-17/h5-8,15H,2-4,9-12,17H2,1H3,(H,18,20). The highest BCUT2D eigenvalue weighted by atomic mass is 16.5. The first-order valence-electron chi connectivity index (χ1n) is 7.66. The molecule has 1 heterocycles. The fraction of sp³-hybridized carbons (Fsp3) is 0.562. The number of nitrogens with two attached hydrogens (primary N) is 1. The molecule has 1 amide bonds. The van der Waals surface area contributed by atoms with Crippen LogP contribution in [0.4, 0.5) is 0 Å². The second-order valence-electron chi connectivity index (χ2n) is 5.54. The van der Waals surface area contributed by atoms with Crippen molar-refractivity contribution in [2.45, 2.75) is 38.8 Å². The number of nitrogens with zero attached hydrogens (tertiary/aromatic N) is 1. The predicted octanol–water partition coefficient (Wildman–Crippen LogP) is 1.68. The topological polar surface area (TPSA) is 67.6 Å². The van der Waals surface area contributed by atoms with Crippen molar-refractivity contribution in [1.29, 1.82) is 0 Å². The van der Waals surface area contributed by atoms with Gasteiger partial charge in [-0.3, -0.25) is 15.1 Å². The Morgan fingerprint density at radius 1 is 1.43 bits per heavy atom. The van der Waals surface area contributed by atoms with Crippen LogP contribution in [0.2, 0.25) is 0 Å². The number of hydrogen-bond acceptors (Lipinski definition) is 4. The number of hydrogen-bond donors (Lipinski definition) is 2. The average molecular weight is 291 g/mol. The van der Waals surface area contributed by atoms with Gasteiger partial charge in [0.15, 0.2) is 0 Å². The van der Waals surface area contributed by atoms with Gasteiger partial charge in [-0.15, -0.1) is 0 Å². The monoisotopic (exact) mass is 291 g/mol. The molecule has 1 aromatic rings. The first-order chi connectivity index (χ1) is 10.2. The van der Waals surface area contributed by atoms with Crippen molar-refractivity contribution < 1.29 is 9.53 Å². The molecular weight excluding hydrogens is 266 g/mol. The molecule has 116 valence electrons. The van der Waals surface area contributed by atoms with Gasteiger partial charge in [0.05, 0.1) is 12.7 Å².